The second kappa shape index (κ2) is 6.03. The van der Waals surface area contributed by atoms with Crippen LogP contribution in [0.5, 0.6) is 0 Å². The van der Waals surface area contributed by atoms with Crippen molar-refractivity contribution in [1.82, 2.24) is 19.9 Å². The molecule has 0 radical (unpaired) electrons. The summed E-state index contributed by atoms with van der Waals surface area (Å²) in [5, 5.41) is 7.77. The van der Waals surface area contributed by atoms with E-state index in [4.69, 9.17) is 5.73 Å². The van der Waals surface area contributed by atoms with E-state index in [0.717, 1.165) is 5.56 Å². The second-order valence-electron chi connectivity index (χ2n) is 6.23. The van der Waals surface area contributed by atoms with Gasteiger partial charge in [0.25, 0.3) is 5.91 Å². The molecule has 0 saturated carbocycles. The quantitative estimate of drug-likeness (QED) is 0.904. The first kappa shape index (κ1) is 16.1. The molecule has 2 N–H and O–H groups in total. The van der Waals surface area contributed by atoms with Crippen LogP contribution < -0.4 is 5.73 Å². The number of likely N-dealkylation sites (tertiary alicyclic amines) is 1. The summed E-state index contributed by atoms with van der Waals surface area (Å²) >= 11 is 0. The minimum absolute atomic E-state index is 0.00682. The first-order chi connectivity index (χ1) is 11.3. The molecule has 3 rings (SSSR count). The Kier molecular flexibility index (Phi) is 4.04. The van der Waals surface area contributed by atoms with E-state index in [1.807, 2.05) is 6.92 Å². The maximum Gasteiger partial charge on any atom is 0.276 e. The van der Waals surface area contributed by atoms with Crippen LogP contribution in [-0.4, -0.2) is 44.8 Å². The number of rotatable bonds is 3. The van der Waals surface area contributed by atoms with Gasteiger partial charge in [0.15, 0.2) is 5.69 Å². The van der Waals surface area contributed by atoms with E-state index in [1.165, 1.54) is 23.0 Å². The van der Waals surface area contributed by atoms with E-state index in [9.17, 15) is 14.0 Å². The minimum Gasteiger partial charge on any atom is -0.369 e. The highest BCUT2D eigenvalue weighted by atomic mass is 19.1. The number of hydrogen-bond donors (Lipinski definition) is 1. The lowest BCUT2D eigenvalue weighted by Crippen LogP contribution is -2.32. The van der Waals surface area contributed by atoms with Crippen molar-refractivity contribution in [3.8, 4) is 5.69 Å². The lowest BCUT2D eigenvalue weighted by Gasteiger charge is -2.13. The van der Waals surface area contributed by atoms with E-state index in [0.29, 0.717) is 12.2 Å². The number of aromatic nitrogens is 3. The van der Waals surface area contributed by atoms with Crippen molar-refractivity contribution in [3.63, 3.8) is 0 Å². The smallest absolute Gasteiger partial charge is 0.276 e. The molecule has 1 saturated heterocycles. The Hall–Kier alpha value is -2.77. The molecule has 1 aliphatic rings. The number of aryl methyl sites for hydroxylation is 1. The Labute approximate surface area is 138 Å². The van der Waals surface area contributed by atoms with E-state index < -0.39 is 5.91 Å². The molecule has 24 heavy (non-hydrogen) atoms. The number of nitrogens with two attached hydrogens (primary N) is 1. The number of halogens is 1. The molecule has 7 nitrogen and oxygen atoms in total. The molecule has 1 fully saturated rings. The molecule has 0 bridgehead atoms. The minimum atomic E-state index is -0.406. The van der Waals surface area contributed by atoms with Gasteiger partial charge in [-0.05, 0) is 36.6 Å². The first-order valence-electron chi connectivity index (χ1n) is 7.63. The average Bonchev–Trinajstić information content (AvgIpc) is 3.12. The van der Waals surface area contributed by atoms with Crippen molar-refractivity contribution in [3.05, 3.63) is 41.5 Å². The monoisotopic (exact) mass is 331 g/mol. The van der Waals surface area contributed by atoms with Gasteiger partial charge in [0.1, 0.15) is 5.82 Å². The van der Waals surface area contributed by atoms with Crippen molar-refractivity contribution >= 4 is 11.8 Å². The van der Waals surface area contributed by atoms with Crippen molar-refractivity contribution in [2.75, 3.05) is 13.1 Å². The number of hydrogen-bond acceptors (Lipinski definition) is 4. The number of benzene rings is 1. The van der Waals surface area contributed by atoms with E-state index in [1.54, 1.807) is 17.9 Å². The van der Waals surface area contributed by atoms with Gasteiger partial charge in [-0.1, -0.05) is 12.1 Å². The van der Waals surface area contributed by atoms with Gasteiger partial charge in [0.05, 0.1) is 17.8 Å². The van der Waals surface area contributed by atoms with E-state index in [-0.39, 0.29) is 35.8 Å². The Morgan fingerprint density at radius 2 is 2.04 bits per heavy atom. The van der Waals surface area contributed by atoms with Crippen molar-refractivity contribution in [2.45, 2.75) is 13.8 Å². The molecule has 8 heteroatoms. The van der Waals surface area contributed by atoms with Gasteiger partial charge >= 0.3 is 0 Å². The normalized spacial score (nSPS) is 20.4. The summed E-state index contributed by atoms with van der Waals surface area (Å²) in [7, 11) is 0. The summed E-state index contributed by atoms with van der Waals surface area (Å²) in [6.45, 7) is 4.37. The fraction of sp³-hybridized carbons (Fsp3) is 0.375. The maximum absolute atomic E-state index is 13.5. The highest BCUT2D eigenvalue weighted by molar-refractivity contribution is 5.93. The van der Waals surface area contributed by atoms with Gasteiger partial charge in [-0.15, -0.1) is 5.10 Å². The second-order valence-corrected chi connectivity index (χ2v) is 6.23. The predicted molar refractivity (Wildman–Crippen MR) is 83.8 cm³/mol. The highest BCUT2D eigenvalue weighted by Gasteiger charge is 2.36. The molecule has 2 heterocycles. The Morgan fingerprint density at radius 3 is 2.67 bits per heavy atom. The molecular weight excluding hydrogens is 313 g/mol. The van der Waals surface area contributed by atoms with Crippen LogP contribution in [0.25, 0.3) is 5.69 Å². The SMILES string of the molecule is Cc1cc(F)cc(-n2cc(C(=O)N3C[C@@H](C)[C@H](C(N)=O)C3)nn2)c1. The summed E-state index contributed by atoms with van der Waals surface area (Å²) in [5.74, 6) is -1.45. The molecular formula is C16H18FN5O2. The number of primary amides is 1. The summed E-state index contributed by atoms with van der Waals surface area (Å²) in [5.41, 5.74) is 6.73. The first-order valence-corrected chi connectivity index (χ1v) is 7.63. The van der Waals surface area contributed by atoms with Gasteiger partial charge < -0.3 is 10.6 Å². The third-order valence-corrected chi connectivity index (χ3v) is 4.27. The van der Waals surface area contributed by atoms with Crippen LogP contribution in [0.1, 0.15) is 23.0 Å². The maximum atomic E-state index is 13.5. The number of amides is 2. The molecule has 1 aromatic heterocycles. The zero-order valence-corrected chi connectivity index (χ0v) is 13.4. The summed E-state index contributed by atoms with van der Waals surface area (Å²) in [4.78, 5) is 25.5. The Morgan fingerprint density at radius 1 is 1.29 bits per heavy atom. The van der Waals surface area contributed by atoms with Crippen LogP contribution >= 0.6 is 0 Å². The number of carbonyl (C=O) groups is 2. The van der Waals surface area contributed by atoms with Gasteiger partial charge in [-0.3, -0.25) is 9.59 Å². The molecule has 126 valence electrons. The van der Waals surface area contributed by atoms with Gasteiger partial charge in [-0.2, -0.15) is 0 Å². The van der Waals surface area contributed by atoms with Gasteiger partial charge in [0, 0.05) is 13.1 Å². The highest BCUT2D eigenvalue weighted by Crippen LogP contribution is 2.24. The molecule has 0 spiro atoms. The average molecular weight is 331 g/mol. The predicted octanol–water partition coefficient (Wildman–Crippen LogP) is 0.908. The van der Waals surface area contributed by atoms with Gasteiger partial charge in [0.2, 0.25) is 5.91 Å². The number of nitrogens with zero attached hydrogens (tertiary/aromatic N) is 4. The van der Waals surface area contributed by atoms with Crippen LogP contribution in [0.15, 0.2) is 24.4 Å². The van der Waals surface area contributed by atoms with Crippen molar-refractivity contribution < 1.29 is 14.0 Å². The molecule has 0 unspecified atom stereocenters. The molecule has 2 aromatic rings. The van der Waals surface area contributed by atoms with Crippen LogP contribution in [0.4, 0.5) is 4.39 Å². The van der Waals surface area contributed by atoms with Gasteiger partial charge in [-0.25, -0.2) is 9.07 Å². The Balaban J connectivity index is 1.81. The lowest BCUT2D eigenvalue weighted by molar-refractivity contribution is -0.122. The van der Waals surface area contributed by atoms with E-state index in [2.05, 4.69) is 10.3 Å². The standard InChI is InChI=1S/C16H18FN5O2/c1-9-3-11(17)5-12(4-9)22-8-14(19-20-22)16(24)21-6-10(2)13(7-21)15(18)23/h3-5,8,10,13H,6-7H2,1-2H3,(H2,18,23)/t10-,13-/m1/s1. The fourth-order valence-corrected chi connectivity index (χ4v) is 3.00. The third-order valence-electron chi connectivity index (χ3n) is 4.27. The topological polar surface area (TPSA) is 94.1 Å². The molecule has 0 aliphatic carbocycles. The number of carbonyl (C=O) groups excluding carboxylic acids is 2. The fourth-order valence-electron chi connectivity index (χ4n) is 3.00. The molecule has 1 aromatic carbocycles. The Bertz CT molecular complexity index is 783. The van der Waals surface area contributed by atoms with Crippen LogP contribution in [0.3, 0.4) is 0 Å². The lowest BCUT2D eigenvalue weighted by atomic mass is 9.98. The van der Waals surface area contributed by atoms with Crippen LogP contribution in [0.2, 0.25) is 0 Å². The van der Waals surface area contributed by atoms with E-state index >= 15 is 0 Å². The zero-order chi connectivity index (χ0) is 17.4. The summed E-state index contributed by atoms with van der Waals surface area (Å²) in [6.07, 6.45) is 1.46. The molecule has 1 aliphatic heterocycles. The zero-order valence-electron chi connectivity index (χ0n) is 13.4. The molecule has 2 atom stereocenters. The third kappa shape index (κ3) is 2.99. The molecule has 2 amide bonds. The van der Waals surface area contributed by atoms with Crippen molar-refractivity contribution in [2.24, 2.45) is 17.6 Å². The van der Waals surface area contributed by atoms with Crippen molar-refractivity contribution in [1.29, 1.82) is 0 Å². The largest absolute Gasteiger partial charge is 0.369 e. The van der Waals surface area contributed by atoms with Crippen LogP contribution in [-0.2, 0) is 4.79 Å². The summed E-state index contributed by atoms with van der Waals surface area (Å²) < 4.78 is 14.9. The van der Waals surface area contributed by atoms with Crippen LogP contribution in [0, 0.1) is 24.6 Å². The summed E-state index contributed by atoms with van der Waals surface area (Å²) in [6, 6.07) is 4.46.